The van der Waals surface area contributed by atoms with E-state index in [1.165, 1.54) is 0 Å². The summed E-state index contributed by atoms with van der Waals surface area (Å²) in [7, 11) is 0. The van der Waals surface area contributed by atoms with E-state index in [4.69, 9.17) is 9.47 Å². The largest absolute Gasteiger partial charge is 0.493 e. The van der Waals surface area contributed by atoms with Crippen LogP contribution < -0.4 is 20.1 Å². The Bertz CT molecular complexity index is 823. The van der Waals surface area contributed by atoms with Crippen molar-refractivity contribution in [2.75, 3.05) is 19.8 Å². The first kappa shape index (κ1) is 20.7. The molecule has 0 spiro atoms. The second kappa shape index (κ2) is 9.96. The molecule has 2 amide bonds. The Morgan fingerprint density at radius 3 is 2.59 bits per heavy atom. The van der Waals surface area contributed by atoms with E-state index >= 15 is 0 Å². The van der Waals surface area contributed by atoms with Gasteiger partial charge < -0.3 is 20.1 Å². The van der Waals surface area contributed by atoms with E-state index < -0.39 is 6.04 Å². The quantitative estimate of drug-likeness (QED) is 0.719. The molecular weight excluding hydrogens is 368 g/mol. The number of ether oxygens (including phenoxy) is 2. The number of amides is 2. The van der Waals surface area contributed by atoms with E-state index in [9.17, 15) is 9.59 Å². The molecule has 0 aromatic heterocycles. The zero-order valence-corrected chi connectivity index (χ0v) is 16.9. The maximum Gasteiger partial charge on any atom is 0.258 e. The minimum absolute atomic E-state index is 0.0426. The predicted molar refractivity (Wildman–Crippen MR) is 111 cm³/mol. The fourth-order valence-electron chi connectivity index (χ4n) is 3.29. The highest BCUT2D eigenvalue weighted by atomic mass is 16.5. The van der Waals surface area contributed by atoms with Crippen molar-refractivity contribution in [3.63, 3.8) is 0 Å². The lowest BCUT2D eigenvalue weighted by Gasteiger charge is -2.27. The van der Waals surface area contributed by atoms with Crippen LogP contribution in [0.1, 0.15) is 19.4 Å². The summed E-state index contributed by atoms with van der Waals surface area (Å²) in [6, 6.07) is 16.5. The second-order valence-electron chi connectivity index (χ2n) is 7.62. The van der Waals surface area contributed by atoms with Crippen LogP contribution >= 0.6 is 0 Å². The highest BCUT2D eigenvalue weighted by Gasteiger charge is 2.26. The van der Waals surface area contributed by atoms with Gasteiger partial charge in [0.2, 0.25) is 5.91 Å². The molecule has 2 aromatic carbocycles. The molecule has 0 saturated heterocycles. The van der Waals surface area contributed by atoms with Gasteiger partial charge in [-0.2, -0.15) is 0 Å². The highest BCUT2D eigenvalue weighted by Crippen LogP contribution is 2.26. The molecule has 2 aromatic rings. The van der Waals surface area contributed by atoms with Gasteiger partial charge in [0.1, 0.15) is 17.5 Å². The van der Waals surface area contributed by atoms with E-state index in [0.717, 1.165) is 17.7 Å². The normalized spacial score (nSPS) is 16.3. The van der Waals surface area contributed by atoms with Crippen LogP contribution in [0.15, 0.2) is 54.6 Å². The molecule has 2 N–H and O–H groups in total. The monoisotopic (exact) mass is 396 g/mol. The Morgan fingerprint density at radius 1 is 1.10 bits per heavy atom. The molecule has 1 aliphatic heterocycles. The summed E-state index contributed by atoms with van der Waals surface area (Å²) in [4.78, 5) is 24.9. The standard InChI is InChI=1S/C23H28N2O4/c1-16(2)22(25-21(26)15-28-19-9-4-3-5-10-19)23(27)24-13-17-12-18-8-6-7-11-20(18)29-14-17/h3-11,16-17,22H,12-15H2,1-2H3,(H,24,27)(H,25,26). The molecule has 2 unspecified atom stereocenters. The van der Waals surface area contributed by atoms with Crippen LogP contribution in [0, 0.1) is 11.8 Å². The van der Waals surface area contributed by atoms with Gasteiger partial charge in [0.15, 0.2) is 6.61 Å². The van der Waals surface area contributed by atoms with E-state index in [1.54, 1.807) is 12.1 Å². The van der Waals surface area contributed by atoms with Crippen molar-refractivity contribution in [3.8, 4) is 11.5 Å². The van der Waals surface area contributed by atoms with Crippen molar-refractivity contribution in [1.82, 2.24) is 10.6 Å². The van der Waals surface area contributed by atoms with E-state index in [-0.39, 0.29) is 30.3 Å². The Balaban J connectivity index is 1.47. The van der Waals surface area contributed by atoms with Crippen LogP contribution in [-0.4, -0.2) is 37.6 Å². The lowest BCUT2D eigenvalue weighted by Crippen LogP contribution is -2.52. The summed E-state index contributed by atoms with van der Waals surface area (Å²) < 4.78 is 11.2. The first-order valence-corrected chi connectivity index (χ1v) is 9.98. The minimum atomic E-state index is -0.612. The van der Waals surface area contributed by atoms with Gasteiger partial charge in [-0.3, -0.25) is 9.59 Å². The lowest BCUT2D eigenvalue weighted by molar-refractivity contribution is -0.131. The SMILES string of the molecule is CC(C)C(NC(=O)COc1ccccc1)C(=O)NCC1COc2ccccc2C1. The van der Waals surface area contributed by atoms with Gasteiger partial charge in [-0.15, -0.1) is 0 Å². The van der Waals surface area contributed by atoms with Crippen molar-refractivity contribution in [3.05, 3.63) is 60.2 Å². The molecular formula is C23H28N2O4. The minimum Gasteiger partial charge on any atom is -0.493 e. The predicted octanol–water partition coefficient (Wildman–Crippen LogP) is 2.57. The molecule has 0 saturated carbocycles. The number of carbonyl (C=O) groups excluding carboxylic acids is 2. The highest BCUT2D eigenvalue weighted by molar-refractivity contribution is 5.88. The molecule has 2 atom stereocenters. The first-order valence-electron chi connectivity index (χ1n) is 9.98. The van der Waals surface area contributed by atoms with E-state index in [0.29, 0.717) is 18.9 Å². The third kappa shape index (κ3) is 5.98. The Hall–Kier alpha value is -3.02. The number of carbonyl (C=O) groups is 2. The number of benzene rings is 2. The van der Waals surface area contributed by atoms with Crippen molar-refractivity contribution >= 4 is 11.8 Å². The zero-order chi connectivity index (χ0) is 20.6. The molecule has 0 aliphatic carbocycles. The van der Waals surface area contributed by atoms with Crippen LogP contribution in [0.4, 0.5) is 0 Å². The van der Waals surface area contributed by atoms with Crippen molar-refractivity contribution in [1.29, 1.82) is 0 Å². The average Bonchev–Trinajstić information content (AvgIpc) is 2.74. The molecule has 29 heavy (non-hydrogen) atoms. The maximum absolute atomic E-state index is 12.7. The summed E-state index contributed by atoms with van der Waals surface area (Å²) in [5, 5.41) is 5.75. The zero-order valence-electron chi connectivity index (χ0n) is 16.9. The number of para-hydroxylation sites is 2. The molecule has 0 fully saturated rings. The van der Waals surface area contributed by atoms with Crippen LogP contribution in [0.5, 0.6) is 11.5 Å². The third-order valence-electron chi connectivity index (χ3n) is 4.90. The number of fused-ring (bicyclic) bond motifs is 1. The molecule has 3 rings (SSSR count). The Kier molecular flexibility index (Phi) is 7.11. The number of hydrogen-bond donors (Lipinski definition) is 2. The number of rotatable bonds is 8. The van der Waals surface area contributed by atoms with Gasteiger partial charge >= 0.3 is 0 Å². The van der Waals surface area contributed by atoms with Crippen LogP contribution in [-0.2, 0) is 16.0 Å². The fraction of sp³-hybridized carbons (Fsp3) is 0.391. The lowest BCUT2D eigenvalue weighted by atomic mass is 9.96. The molecule has 6 nitrogen and oxygen atoms in total. The van der Waals surface area contributed by atoms with Gasteiger partial charge in [0.25, 0.3) is 5.91 Å². The summed E-state index contributed by atoms with van der Waals surface area (Å²) in [6.07, 6.45) is 0.861. The van der Waals surface area contributed by atoms with Gasteiger partial charge in [0, 0.05) is 12.5 Å². The Morgan fingerprint density at radius 2 is 1.83 bits per heavy atom. The second-order valence-corrected chi connectivity index (χ2v) is 7.62. The summed E-state index contributed by atoms with van der Waals surface area (Å²) >= 11 is 0. The summed E-state index contributed by atoms with van der Waals surface area (Å²) in [5.74, 6) is 1.19. The first-order chi connectivity index (χ1) is 14.0. The molecule has 6 heteroatoms. The van der Waals surface area contributed by atoms with Crippen molar-refractivity contribution < 1.29 is 19.1 Å². The fourth-order valence-corrected chi connectivity index (χ4v) is 3.29. The van der Waals surface area contributed by atoms with Crippen molar-refractivity contribution in [2.45, 2.75) is 26.3 Å². The van der Waals surface area contributed by atoms with Gasteiger partial charge in [-0.25, -0.2) is 0 Å². The van der Waals surface area contributed by atoms with Gasteiger partial charge in [-0.1, -0.05) is 50.2 Å². The summed E-state index contributed by atoms with van der Waals surface area (Å²) in [5.41, 5.74) is 1.16. The van der Waals surface area contributed by atoms with Crippen LogP contribution in [0.2, 0.25) is 0 Å². The van der Waals surface area contributed by atoms with Crippen LogP contribution in [0.3, 0.4) is 0 Å². The van der Waals surface area contributed by atoms with E-state index in [2.05, 4.69) is 10.6 Å². The van der Waals surface area contributed by atoms with Gasteiger partial charge in [0.05, 0.1) is 6.61 Å². The smallest absolute Gasteiger partial charge is 0.258 e. The number of hydrogen-bond acceptors (Lipinski definition) is 4. The average molecular weight is 396 g/mol. The van der Waals surface area contributed by atoms with Crippen molar-refractivity contribution in [2.24, 2.45) is 11.8 Å². The van der Waals surface area contributed by atoms with E-state index in [1.807, 2.05) is 56.3 Å². The van der Waals surface area contributed by atoms with Crippen LogP contribution in [0.25, 0.3) is 0 Å². The van der Waals surface area contributed by atoms with Gasteiger partial charge in [-0.05, 0) is 36.1 Å². The maximum atomic E-state index is 12.7. The molecule has 0 radical (unpaired) electrons. The molecule has 154 valence electrons. The third-order valence-corrected chi connectivity index (χ3v) is 4.90. The Labute approximate surface area is 171 Å². The molecule has 0 bridgehead atoms. The summed E-state index contributed by atoms with van der Waals surface area (Å²) in [6.45, 7) is 4.76. The number of nitrogens with one attached hydrogen (secondary N) is 2. The molecule has 1 heterocycles. The topological polar surface area (TPSA) is 76.7 Å². The molecule has 1 aliphatic rings.